The van der Waals surface area contributed by atoms with Crippen LogP contribution in [-0.2, 0) is 0 Å². The molecule has 1 aromatic rings. The topological polar surface area (TPSA) is 35.8 Å². The fraction of sp³-hybridized carbons (Fsp3) is 0.417. The first-order chi connectivity index (χ1) is 7.69. The fourth-order valence-electron chi connectivity index (χ4n) is 1.31. The van der Waals surface area contributed by atoms with E-state index in [1.165, 1.54) is 0 Å². The highest BCUT2D eigenvalue weighted by Crippen LogP contribution is 2.23. The average molecular weight is 255 g/mol. The van der Waals surface area contributed by atoms with E-state index in [1.54, 1.807) is 6.07 Å². The van der Waals surface area contributed by atoms with E-state index >= 15 is 0 Å². The van der Waals surface area contributed by atoms with Crippen molar-refractivity contribution in [2.45, 2.75) is 18.6 Å². The van der Waals surface area contributed by atoms with Crippen molar-refractivity contribution in [3.05, 3.63) is 28.8 Å². The standard InChI is InChI=1S/C12H15ClN2S/c1-9(16-2)6-7-15-12-5-3-4-11(13)10(12)8-14/h3-5,9,15H,6-7H2,1-2H3. The Morgan fingerprint density at radius 2 is 2.31 bits per heavy atom. The number of rotatable bonds is 5. The summed E-state index contributed by atoms with van der Waals surface area (Å²) in [5.41, 5.74) is 1.35. The molecule has 1 aromatic carbocycles. The van der Waals surface area contributed by atoms with Crippen LogP contribution in [0.1, 0.15) is 18.9 Å². The van der Waals surface area contributed by atoms with Crippen LogP contribution in [0.2, 0.25) is 5.02 Å². The van der Waals surface area contributed by atoms with Crippen molar-refractivity contribution in [3.63, 3.8) is 0 Å². The first-order valence-electron chi connectivity index (χ1n) is 5.14. The fourth-order valence-corrected chi connectivity index (χ4v) is 1.88. The van der Waals surface area contributed by atoms with Gasteiger partial charge in [-0.05, 0) is 24.8 Å². The van der Waals surface area contributed by atoms with E-state index in [4.69, 9.17) is 16.9 Å². The third-order valence-corrected chi connectivity index (χ3v) is 3.75. The summed E-state index contributed by atoms with van der Waals surface area (Å²) in [6, 6.07) is 7.58. The van der Waals surface area contributed by atoms with Crippen LogP contribution >= 0.6 is 23.4 Å². The van der Waals surface area contributed by atoms with Crippen LogP contribution in [0.3, 0.4) is 0 Å². The lowest BCUT2D eigenvalue weighted by molar-refractivity contribution is 0.853. The number of nitrogens with one attached hydrogen (secondary N) is 1. The molecule has 2 nitrogen and oxygen atoms in total. The molecule has 0 spiro atoms. The van der Waals surface area contributed by atoms with Crippen molar-refractivity contribution in [1.82, 2.24) is 0 Å². The zero-order chi connectivity index (χ0) is 12.0. The van der Waals surface area contributed by atoms with Crippen LogP contribution in [0.5, 0.6) is 0 Å². The maximum absolute atomic E-state index is 8.98. The van der Waals surface area contributed by atoms with Gasteiger partial charge in [-0.1, -0.05) is 24.6 Å². The molecule has 1 rings (SSSR count). The van der Waals surface area contributed by atoms with Crippen molar-refractivity contribution >= 4 is 29.1 Å². The Morgan fingerprint density at radius 1 is 1.56 bits per heavy atom. The molecule has 0 aliphatic heterocycles. The minimum absolute atomic E-state index is 0.505. The van der Waals surface area contributed by atoms with Crippen LogP contribution in [0.25, 0.3) is 0 Å². The Bertz CT molecular complexity index is 387. The van der Waals surface area contributed by atoms with Gasteiger partial charge in [0.2, 0.25) is 0 Å². The highest BCUT2D eigenvalue weighted by atomic mass is 35.5. The van der Waals surface area contributed by atoms with Gasteiger partial charge in [-0.25, -0.2) is 0 Å². The molecule has 1 N–H and O–H groups in total. The predicted molar refractivity (Wildman–Crippen MR) is 72.3 cm³/mol. The van der Waals surface area contributed by atoms with E-state index in [0.717, 1.165) is 18.7 Å². The molecular formula is C12H15ClN2S. The number of benzene rings is 1. The zero-order valence-electron chi connectivity index (χ0n) is 9.46. The Hall–Kier alpha value is -0.850. The Balaban J connectivity index is 2.61. The lowest BCUT2D eigenvalue weighted by Crippen LogP contribution is -2.08. The molecule has 1 unspecified atom stereocenters. The van der Waals surface area contributed by atoms with E-state index < -0.39 is 0 Å². The SMILES string of the molecule is CSC(C)CCNc1cccc(Cl)c1C#N. The van der Waals surface area contributed by atoms with E-state index in [9.17, 15) is 0 Å². The summed E-state index contributed by atoms with van der Waals surface area (Å²) < 4.78 is 0. The monoisotopic (exact) mass is 254 g/mol. The minimum atomic E-state index is 0.505. The van der Waals surface area contributed by atoms with Crippen LogP contribution < -0.4 is 5.32 Å². The number of hydrogen-bond donors (Lipinski definition) is 1. The molecule has 0 amide bonds. The summed E-state index contributed by atoms with van der Waals surface area (Å²) in [6.07, 6.45) is 3.17. The first-order valence-corrected chi connectivity index (χ1v) is 6.81. The molecular weight excluding hydrogens is 240 g/mol. The molecule has 0 aromatic heterocycles. The number of nitrogens with zero attached hydrogens (tertiary/aromatic N) is 1. The van der Waals surface area contributed by atoms with Crippen LogP contribution in [0.15, 0.2) is 18.2 Å². The lowest BCUT2D eigenvalue weighted by atomic mass is 10.2. The van der Waals surface area contributed by atoms with Gasteiger partial charge in [-0.15, -0.1) is 0 Å². The summed E-state index contributed by atoms with van der Waals surface area (Å²) in [5, 5.41) is 13.4. The second-order valence-corrected chi connectivity index (χ2v) is 5.22. The molecule has 0 bridgehead atoms. The van der Waals surface area contributed by atoms with Crippen molar-refractivity contribution in [2.75, 3.05) is 18.1 Å². The van der Waals surface area contributed by atoms with Crippen molar-refractivity contribution in [1.29, 1.82) is 5.26 Å². The second-order valence-electron chi connectivity index (χ2n) is 3.54. The van der Waals surface area contributed by atoms with E-state index in [0.29, 0.717) is 15.8 Å². The van der Waals surface area contributed by atoms with Gasteiger partial charge in [0.25, 0.3) is 0 Å². The molecule has 0 aliphatic rings. The summed E-state index contributed by atoms with van der Waals surface area (Å²) in [5.74, 6) is 0. The smallest absolute Gasteiger partial charge is 0.103 e. The lowest BCUT2D eigenvalue weighted by Gasteiger charge is -2.11. The number of nitriles is 1. The van der Waals surface area contributed by atoms with Crippen molar-refractivity contribution in [3.8, 4) is 6.07 Å². The third-order valence-electron chi connectivity index (χ3n) is 2.39. The van der Waals surface area contributed by atoms with Crippen LogP contribution in [-0.4, -0.2) is 18.1 Å². The Morgan fingerprint density at radius 3 is 2.94 bits per heavy atom. The third kappa shape index (κ3) is 3.62. The van der Waals surface area contributed by atoms with Gasteiger partial charge in [0.1, 0.15) is 6.07 Å². The predicted octanol–water partition coefficient (Wildman–Crippen LogP) is 3.77. The number of thioether (sulfide) groups is 1. The van der Waals surface area contributed by atoms with E-state index in [2.05, 4.69) is 24.6 Å². The molecule has 4 heteroatoms. The summed E-state index contributed by atoms with van der Waals surface area (Å²) >= 11 is 7.77. The van der Waals surface area contributed by atoms with Crippen LogP contribution in [0, 0.1) is 11.3 Å². The molecule has 1 atom stereocenters. The largest absolute Gasteiger partial charge is 0.384 e. The Kier molecular flexibility index (Phi) is 5.51. The van der Waals surface area contributed by atoms with Crippen LogP contribution in [0.4, 0.5) is 5.69 Å². The number of anilines is 1. The van der Waals surface area contributed by atoms with E-state index in [-0.39, 0.29) is 0 Å². The molecule has 0 radical (unpaired) electrons. The molecule has 16 heavy (non-hydrogen) atoms. The summed E-state index contributed by atoms with van der Waals surface area (Å²) in [6.45, 7) is 3.05. The maximum atomic E-state index is 8.98. The molecule has 0 saturated carbocycles. The summed E-state index contributed by atoms with van der Waals surface area (Å²) in [7, 11) is 0. The highest BCUT2D eigenvalue weighted by Gasteiger charge is 2.06. The molecule has 0 heterocycles. The first kappa shape index (κ1) is 13.2. The van der Waals surface area contributed by atoms with E-state index in [1.807, 2.05) is 23.9 Å². The summed E-state index contributed by atoms with van der Waals surface area (Å²) in [4.78, 5) is 0. The number of halogens is 1. The van der Waals surface area contributed by atoms with Gasteiger partial charge in [0.15, 0.2) is 0 Å². The molecule has 0 aliphatic carbocycles. The van der Waals surface area contributed by atoms with Gasteiger partial charge in [0.05, 0.1) is 16.3 Å². The molecule has 0 saturated heterocycles. The van der Waals surface area contributed by atoms with Gasteiger partial charge in [0, 0.05) is 11.8 Å². The zero-order valence-corrected chi connectivity index (χ0v) is 11.0. The normalized spacial score (nSPS) is 11.9. The van der Waals surface area contributed by atoms with Gasteiger partial charge in [-0.3, -0.25) is 0 Å². The van der Waals surface area contributed by atoms with Crippen molar-refractivity contribution < 1.29 is 0 Å². The van der Waals surface area contributed by atoms with Gasteiger partial charge < -0.3 is 5.32 Å². The second kappa shape index (κ2) is 6.67. The molecule has 86 valence electrons. The Labute approximate surface area is 106 Å². The quantitative estimate of drug-likeness (QED) is 0.869. The van der Waals surface area contributed by atoms with Gasteiger partial charge in [-0.2, -0.15) is 17.0 Å². The minimum Gasteiger partial charge on any atom is -0.384 e. The number of hydrogen-bond acceptors (Lipinski definition) is 3. The highest BCUT2D eigenvalue weighted by molar-refractivity contribution is 7.99. The maximum Gasteiger partial charge on any atom is 0.103 e. The van der Waals surface area contributed by atoms with Gasteiger partial charge >= 0.3 is 0 Å². The molecule has 0 fully saturated rings. The van der Waals surface area contributed by atoms with Crippen molar-refractivity contribution in [2.24, 2.45) is 0 Å². The average Bonchev–Trinajstić information content (AvgIpc) is 2.29.